The molecule has 0 bridgehead atoms. The van der Waals surface area contributed by atoms with Gasteiger partial charge in [-0.15, -0.1) is 0 Å². The fourth-order valence-electron chi connectivity index (χ4n) is 1.75. The van der Waals surface area contributed by atoms with Crippen molar-refractivity contribution < 1.29 is 9.84 Å². The summed E-state index contributed by atoms with van der Waals surface area (Å²) in [7, 11) is 0. The van der Waals surface area contributed by atoms with Crippen molar-refractivity contribution in [2.45, 2.75) is 13.8 Å². The van der Waals surface area contributed by atoms with Gasteiger partial charge in [-0.25, -0.2) is 0 Å². The summed E-state index contributed by atoms with van der Waals surface area (Å²) in [5.74, 6) is 0.809. The van der Waals surface area contributed by atoms with E-state index in [2.05, 4.69) is 0 Å². The van der Waals surface area contributed by atoms with Gasteiger partial charge in [-0.1, -0.05) is 24.3 Å². The van der Waals surface area contributed by atoms with Crippen LogP contribution in [0.15, 0.2) is 30.3 Å². The van der Waals surface area contributed by atoms with Gasteiger partial charge in [0.15, 0.2) is 11.5 Å². The maximum Gasteiger partial charge on any atom is 0.161 e. The minimum atomic E-state index is 0.246. The van der Waals surface area contributed by atoms with Gasteiger partial charge in [0, 0.05) is 5.56 Å². The van der Waals surface area contributed by atoms with Gasteiger partial charge in [0.25, 0.3) is 0 Å². The Morgan fingerprint density at radius 2 is 2.00 bits per heavy atom. The molecule has 0 fully saturated rings. The second kappa shape index (κ2) is 3.81. The first-order chi connectivity index (χ1) is 7.24. The lowest BCUT2D eigenvalue weighted by Crippen LogP contribution is -1.93. The molecular formula is C13H14O2. The molecule has 0 aliphatic rings. The molecule has 2 rings (SSSR count). The molecule has 78 valence electrons. The molecule has 0 saturated heterocycles. The van der Waals surface area contributed by atoms with Crippen molar-refractivity contribution in [1.82, 2.24) is 0 Å². The van der Waals surface area contributed by atoms with Crippen LogP contribution in [0.2, 0.25) is 0 Å². The van der Waals surface area contributed by atoms with Crippen LogP contribution in [0.1, 0.15) is 12.5 Å². The molecule has 0 aliphatic heterocycles. The van der Waals surface area contributed by atoms with Crippen LogP contribution in [-0.4, -0.2) is 11.7 Å². The van der Waals surface area contributed by atoms with Crippen LogP contribution in [0.3, 0.4) is 0 Å². The molecule has 1 N–H and O–H groups in total. The average molecular weight is 202 g/mol. The average Bonchev–Trinajstić information content (AvgIpc) is 2.26. The van der Waals surface area contributed by atoms with Crippen LogP contribution in [0.4, 0.5) is 0 Å². The second-order valence-corrected chi connectivity index (χ2v) is 3.50. The maximum absolute atomic E-state index is 9.90. The first-order valence-electron chi connectivity index (χ1n) is 5.08. The van der Waals surface area contributed by atoms with Gasteiger partial charge in [-0.05, 0) is 30.7 Å². The summed E-state index contributed by atoms with van der Waals surface area (Å²) in [5, 5.41) is 12.1. The third kappa shape index (κ3) is 1.63. The molecule has 0 aliphatic carbocycles. The molecule has 2 heteroatoms. The molecule has 0 aromatic heterocycles. The standard InChI is InChI=1S/C13H14O2/c1-3-15-12-8-10-6-4-5-7-11(10)9(2)13(12)14/h4-8,14H,3H2,1-2H3. The topological polar surface area (TPSA) is 29.5 Å². The normalized spacial score (nSPS) is 10.5. The zero-order valence-corrected chi connectivity index (χ0v) is 8.95. The highest BCUT2D eigenvalue weighted by Crippen LogP contribution is 2.35. The lowest BCUT2D eigenvalue weighted by molar-refractivity contribution is 0.318. The monoisotopic (exact) mass is 202 g/mol. The van der Waals surface area contributed by atoms with Gasteiger partial charge in [0.05, 0.1) is 6.61 Å². The van der Waals surface area contributed by atoms with Crippen molar-refractivity contribution in [3.05, 3.63) is 35.9 Å². The van der Waals surface area contributed by atoms with E-state index in [1.165, 1.54) is 0 Å². The van der Waals surface area contributed by atoms with Crippen LogP contribution >= 0.6 is 0 Å². The fourth-order valence-corrected chi connectivity index (χ4v) is 1.75. The number of aromatic hydroxyl groups is 1. The van der Waals surface area contributed by atoms with Crippen LogP contribution in [0.25, 0.3) is 10.8 Å². The molecule has 2 nitrogen and oxygen atoms in total. The van der Waals surface area contributed by atoms with Gasteiger partial charge in [-0.3, -0.25) is 0 Å². The molecule has 0 radical (unpaired) electrons. The van der Waals surface area contributed by atoms with Gasteiger partial charge >= 0.3 is 0 Å². The summed E-state index contributed by atoms with van der Waals surface area (Å²) < 4.78 is 5.38. The number of phenolic OH excluding ortho intramolecular Hbond substituents is 1. The Morgan fingerprint density at radius 3 is 2.73 bits per heavy atom. The summed E-state index contributed by atoms with van der Waals surface area (Å²) in [6.45, 7) is 4.37. The molecule has 0 amide bonds. The molecule has 0 heterocycles. The van der Waals surface area contributed by atoms with Gasteiger partial charge in [0.2, 0.25) is 0 Å². The van der Waals surface area contributed by atoms with E-state index in [0.717, 1.165) is 16.3 Å². The van der Waals surface area contributed by atoms with Crippen molar-refractivity contribution in [2.24, 2.45) is 0 Å². The number of fused-ring (bicyclic) bond motifs is 1. The molecule has 0 spiro atoms. The van der Waals surface area contributed by atoms with Crippen LogP contribution in [-0.2, 0) is 0 Å². The number of phenols is 1. The van der Waals surface area contributed by atoms with E-state index in [1.54, 1.807) is 0 Å². The molecule has 15 heavy (non-hydrogen) atoms. The molecule has 0 saturated carbocycles. The summed E-state index contributed by atoms with van der Waals surface area (Å²) in [5.41, 5.74) is 0.872. The van der Waals surface area contributed by atoms with E-state index in [-0.39, 0.29) is 5.75 Å². The number of hydrogen-bond acceptors (Lipinski definition) is 2. The lowest BCUT2D eigenvalue weighted by atomic mass is 10.0. The smallest absolute Gasteiger partial charge is 0.161 e. The molecule has 0 unspecified atom stereocenters. The first kappa shape index (κ1) is 9.84. The second-order valence-electron chi connectivity index (χ2n) is 3.50. The summed E-state index contributed by atoms with van der Waals surface area (Å²) in [6.07, 6.45) is 0. The first-order valence-corrected chi connectivity index (χ1v) is 5.08. The Morgan fingerprint density at radius 1 is 1.27 bits per heavy atom. The number of ether oxygens (including phenoxy) is 1. The predicted octanol–water partition coefficient (Wildman–Crippen LogP) is 3.25. The Kier molecular flexibility index (Phi) is 2.50. The maximum atomic E-state index is 9.90. The van der Waals surface area contributed by atoms with Gasteiger partial charge in [-0.2, -0.15) is 0 Å². The van der Waals surface area contributed by atoms with E-state index < -0.39 is 0 Å². The number of rotatable bonds is 2. The van der Waals surface area contributed by atoms with Crippen molar-refractivity contribution in [3.63, 3.8) is 0 Å². The molecule has 2 aromatic carbocycles. The lowest BCUT2D eigenvalue weighted by Gasteiger charge is -2.10. The molecular weight excluding hydrogens is 188 g/mol. The minimum absolute atomic E-state index is 0.246. The van der Waals surface area contributed by atoms with Crippen molar-refractivity contribution in [1.29, 1.82) is 0 Å². The highest BCUT2D eigenvalue weighted by atomic mass is 16.5. The van der Waals surface area contributed by atoms with Gasteiger partial charge < -0.3 is 9.84 Å². The van der Waals surface area contributed by atoms with Crippen molar-refractivity contribution >= 4 is 10.8 Å². The summed E-state index contributed by atoms with van der Waals surface area (Å²) >= 11 is 0. The number of hydrogen-bond donors (Lipinski definition) is 1. The van der Waals surface area contributed by atoms with Crippen LogP contribution in [0.5, 0.6) is 11.5 Å². The zero-order chi connectivity index (χ0) is 10.8. The predicted molar refractivity (Wildman–Crippen MR) is 61.5 cm³/mol. The molecule has 2 aromatic rings. The van der Waals surface area contributed by atoms with E-state index in [0.29, 0.717) is 12.4 Å². The third-order valence-electron chi connectivity index (χ3n) is 2.54. The number of aryl methyl sites for hydroxylation is 1. The SMILES string of the molecule is CCOc1cc2ccccc2c(C)c1O. The Labute approximate surface area is 89.1 Å². The van der Waals surface area contributed by atoms with Gasteiger partial charge in [0.1, 0.15) is 0 Å². The van der Waals surface area contributed by atoms with Crippen LogP contribution in [0, 0.1) is 6.92 Å². The van der Waals surface area contributed by atoms with E-state index >= 15 is 0 Å². The van der Waals surface area contributed by atoms with E-state index in [1.807, 2.05) is 44.2 Å². The Bertz CT molecular complexity index is 489. The highest BCUT2D eigenvalue weighted by molar-refractivity contribution is 5.89. The Balaban J connectivity index is 2.71. The largest absolute Gasteiger partial charge is 0.504 e. The summed E-state index contributed by atoms with van der Waals surface area (Å²) in [4.78, 5) is 0. The molecule has 0 atom stereocenters. The van der Waals surface area contributed by atoms with E-state index in [4.69, 9.17) is 4.74 Å². The minimum Gasteiger partial charge on any atom is -0.504 e. The zero-order valence-electron chi connectivity index (χ0n) is 8.95. The fraction of sp³-hybridized carbons (Fsp3) is 0.231. The summed E-state index contributed by atoms with van der Waals surface area (Å²) in [6, 6.07) is 9.84. The quantitative estimate of drug-likeness (QED) is 0.810. The van der Waals surface area contributed by atoms with Crippen molar-refractivity contribution in [2.75, 3.05) is 6.61 Å². The number of benzene rings is 2. The van der Waals surface area contributed by atoms with E-state index in [9.17, 15) is 5.11 Å². The Hall–Kier alpha value is -1.70. The van der Waals surface area contributed by atoms with Crippen molar-refractivity contribution in [3.8, 4) is 11.5 Å². The highest BCUT2D eigenvalue weighted by Gasteiger charge is 2.09. The van der Waals surface area contributed by atoms with Crippen LogP contribution < -0.4 is 4.74 Å². The third-order valence-corrected chi connectivity index (χ3v) is 2.54.